The average Bonchev–Trinajstić information content (AvgIpc) is 3.41. The van der Waals surface area contributed by atoms with Crippen molar-refractivity contribution < 1.29 is 24.1 Å². The van der Waals surface area contributed by atoms with E-state index < -0.39 is 24.4 Å². The Morgan fingerprint density at radius 1 is 0.795 bits per heavy atom. The van der Waals surface area contributed by atoms with Gasteiger partial charge in [0.15, 0.2) is 5.17 Å². The van der Waals surface area contributed by atoms with Gasteiger partial charge in [-0.25, -0.2) is 0 Å². The van der Waals surface area contributed by atoms with Crippen LogP contribution in [0.25, 0.3) is 0 Å². The zero-order valence-electron chi connectivity index (χ0n) is 22.3. The first kappa shape index (κ1) is 27.8. The average molecular weight is 549 g/mol. The molecule has 2 aliphatic rings. The van der Waals surface area contributed by atoms with Gasteiger partial charge in [0, 0.05) is 14.1 Å². The minimum absolute atomic E-state index is 0.211. The SMILES string of the molecule is CN(C)C1=N[C@@H]2[C@@H](OCc3ccccc3)[C@H](OCc3ccccc3)[C@@H](C(CO)OCc3ccccc3)O[C@@H]2S1. The van der Waals surface area contributed by atoms with Gasteiger partial charge in [0.25, 0.3) is 0 Å². The van der Waals surface area contributed by atoms with E-state index in [4.69, 9.17) is 23.9 Å². The summed E-state index contributed by atoms with van der Waals surface area (Å²) in [5, 5.41) is 11.4. The number of fused-ring (bicyclic) bond motifs is 1. The minimum Gasteiger partial charge on any atom is -0.394 e. The fraction of sp³-hybridized carbons (Fsp3) is 0.387. The lowest BCUT2D eigenvalue weighted by molar-refractivity contribution is -0.232. The predicted molar refractivity (Wildman–Crippen MR) is 153 cm³/mol. The molecule has 0 aliphatic carbocycles. The Hall–Kier alpha value is -2.72. The van der Waals surface area contributed by atoms with Gasteiger partial charge < -0.3 is 29.0 Å². The highest BCUT2D eigenvalue weighted by Gasteiger charge is 2.53. The molecule has 6 atom stereocenters. The molecule has 0 saturated carbocycles. The molecule has 0 bridgehead atoms. The largest absolute Gasteiger partial charge is 0.394 e. The van der Waals surface area contributed by atoms with Crippen molar-refractivity contribution in [3.8, 4) is 0 Å². The summed E-state index contributed by atoms with van der Waals surface area (Å²) in [6, 6.07) is 29.8. The molecule has 1 unspecified atom stereocenters. The van der Waals surface area contributed by atoms with Gasteiger partial charge in [-0.2, -0.15) is 0 Å². The van der Waals surface area contributed by atoms with Crippen molar-refractivity contribution in [3.05, 3.63) is 108 Å². The first-order chi connectivity index (χ1) is 19.1. The number of hydrogen-bond acceptors (Lipinski definition) is 8. The molecule has 2 heterocycles. The molecular formula is C31H36N2O5S. The second-order valence-corrected chi connectivity index (χ2v) is 11.0. The molecule has 5 rings (SSSR count). The Morgan fingerprint density at radius 3 is 1.82 bits per heavy atom. The van der Waals surface area contributed by atoms with Gasteiger partial charge in [-0.15, -0.1) is 0 Å². The van der Waals surface area contributed by atoms with Crippen LogP contribution in [0.4, 0.5) is 0 Å². The van der Waals surface area contributed by atoms with E-state index in [2.05, 4.69) is 0 Å². The summed E-state index contributed by atoms with van der Waals surface area (Å²) >= 11 is 1.57. The monoisotopic (exact) mass is 548 g/mol. The summed E-state index contributed by atoms with van der Waals surface area (Å²) in [5.41, 5.74) is 2.86. The molecular weight excluding hydrogens is 512 g/mol. The predicted octanol–water partition coefficient (Wildman–Crippen LogP) is 4.49. The van der Waals surface area contributed by atoms with E-state index in [0.29, 0.717) is 19.8 Å². The van der Waals surface area contributed by atoms with E-state index in [1.54, 1.807) is 11.8 Å². The summed E-state index contributed by atoms with van der Waals surface area (Å²) in [5.74, 6) is 0. The summed E-state index contributed by atoms with van der Waals surface area (Å²) in [4.78, 5) is 6.98. The van der Waals surface area contributed by atoms with E-state index in [1.165, 1.54) is 0 Å². The first-order valence-corrected chi connectivity index (χ1v) is 14.1. The van der Waals surface area contributed by atoms with Crippen LogP contribution in [-0.2, 0) is 38.8 Å². The number of nitrogens with zero attached hydrogens (tertiary/aromatic N) is 2. The van der Waals surface area contributed by atoms with Crippen LogP contribution in [0.2, 0.25) is 0 Å². The minimum atomic E-state index is -0.612. The Balaban J connectivity index is 1.43. The van der Waals surface area contributed by atoms with Crippen molar-refractivity contribution in [3.63, 3.8) is 0 Å². The van der Waals surface area contributed by atoms with Crippen LogP contribution >= 0.6 is 11.8 Å². The highest BCUT2D eigenvalue weighted by atomic mass is 32.2. The second kappa shape index (κ2) is 13.6. The van der Waals surface area contributed by atoms with Crippen LogP contribution in [0.1, 0.15) is 16.7 Å². The lowest BCUT2D eigenvalue weighted by Gasteiger charge is -2.45. The number of aliphatic hydroxyl groups is 1. The summed E-state index contributed by atoms with van der Waals surface area (Å²) < 4.78 is 26.1. The van der Waals surface area contributed by atoms with E-state index >= 15 is 0 Å². The number of ether oxygens (including phenoxy) is 4. The van der Waals surface area contributed by atoms with E-state index in [0.717, 1.165) is 21.9 Å². The Morgan fingerprint density at radius 2 is 1.31 bits per heavy atom. The number of thioether (sulfide) groups is 1. The van der Waals surface area contributed by atoms with E-state index in [9.17, 15) is 5.11 Å². The van der Waals surface area contributed by atoms with Crippen molar-refractivity contribution in [1.82, 2.24) is 4.90 Å². The molecule has 39 heavy (non-hydrogen) atoms. The van der Waals surface area contributed by atoms with Crippen LogP contribution < -0.4 is 0 Å². The van der Waals surface area contributed by atoms with Crippen LogP contribution in [0, 0.1) is 0 Å². The molecule has 0 spiro atoms. The second-order valence-electron chi connectivity index (χ2n) is 9.92. The number of aliphatic imine (C=N–C) groups is 1. The highest BCUT2D eigenvalue weighted by molar-refractivity contribution is 8.14. The third kappa shape index (κ3) is 7.08. The molecule has 1 N–H and O–H groups in total. The quantitative estimate of drug-likeness (QED) is 0.379. The van der Waals surface area contributed by atoms with Crippen LogP contribution in [0.5, 0.6) is 0 Å². The van der Waals surface area contributed by atoms with E-state index in [-0.39, 0.29) is 18.1 Å². The number of aliphatic hydroxyl groups excluding tert-OH is 1. The lowest BCUT2D eigenvalue weighted by Crippen LogP contribution is -2.61. The Kier molecular flexibility index (Phi) is 9.68. The van der Waals surface area contributed by atoms with Crippen molar-refractivity contribution >= 4 is 16.9 Å². The summed E-state index contributed by atoms with van der Waals surface area (Å²) in [6.07, 6.45) is -2.10. The molecule has 1 fully saturated rings. The topological polar surface area (TPSA) is 72.8 Å². The van der Waals surface area contributed by atoms with Crippen molar-refractivity contribution in [2.24, 2.45) is 4.99 Å². The molecule has 3 aromatic carbocycles. The highest BCUT2D eigenvalue weighted by Crippen LogP contribution is 2.41. The first-order valence-electron chi connectivity index (χ1n) is 13.3. The molecule has 7 nitrogen and oxygen atoms in total. The maximum atomic E-state index is 10.5. The summed E-state index contributed by atoms with van der Waals surface area (Å²) in [7, 11) is 3.95. The van der Waals surface area contributed by atoms with Gasteiger partial charge >= 0.3 is 0 Å². The maximum Gasteiger partial charge on any atom is 0.161 e. The molecule has 2 aliphatic heterocycles. The molecule has 8 heteroatoms. The molecule has 1 saturated heterocycles. The van der Waals surface area contributed by atoms with Crippen LogP contribution in [0.15, 0.2) is 96.0 Å². The number of rotatable bonds is 11. The van der Waals surface area contributed by atoms with Crippen molar-refractivity contribution in [2.45, 2.75) is 55.7 Å². The van der Waals surface area contributed by atoms with Gasteiger partial charge in [-0.3, -0.25) is 4.99 Å². The molecule has 0 aromatic heterocycles. The lowest BCUT2D eigenvalue weighted by atomic mass is 9.94. The van der Waals surface area contributed by atoms with Gasteiger partial charge in [0.1, 0.15) is 35.9 Å². The van der Waals surface area contributed by atoms with Crippen molar-refractivity contribution in [1.29, 1.82) is 0 Å². The third-order valence-electron chi connectivity index (χ3n) is 6.84. The molecule has 0 amide bonds. The van der Waals surface area contributed by atoms with Crippen LogP contribution in [-0.4, -0.2) is 71.8 Å². The van der Waals surface area contributed by atoms with Crippen LogP contribution in [0.3, 0.4) is 0 Å². The van der Waals surface area contributed by atoms with Gasteiger partial charge in [0.2, 0.25) is 0 Å². The van der Waals surface area contributed by atoms with Gasteiger partial charge in [-0.1, -0.05) is 103 Å². The smallest absolute Gasteiger partial charge is 0.161 e. The fourth-order valence-corrected chi connectivity index (χ4v) is 5.95. The van der Waals surface area contributed by atoms with Gasteiger partial charge in [0.05, 0.1) is 26.4 Å². The zero-order chi connectivity index (χ0) is 27.0. The number of hydrogen-bond donors (Lipinski definition) is 1. The fourth-order valence-electron chi connectivity index (χ4n) is 4.81. The Bertz CT molecular complexity index is 1180. The number of benzene rings is 3. The third-order valence-corrected chi connectivity index (χ3v) is 8.15. The van der Waals surface area contributed by atoms with Crippen molar-refractivity contribution in [2.75, 3.05) is 20.7 Å². The standard InChI is InChI=1S/C31H36N2O5S/c1-33(2)31-32-26-28(36-20-23-14-8-4-9-15-23)29(37-21-24-16-10-5-11-17-24)27(38-30(26)39-31)25(18-34)35-19-22-12-6-3-7-13-22/h3-17,25-30,34H,18-21H2,1-2H3/t25?,26-,27-,28-,29-,30-/m1/s1. The Labute approximate surface area is 234 Å². The normalized spacial score (nSPS) is 25.1. The zero-order valence-corrected chi connectivity index (χ0v) is 23.2. The van der Waals surface area contributed by atoms with Gasteiger partial charge in [-0.05, 0) is 16.7 Å². The number of amidine groups is 1. The van der Waals surface area contributed by atoms with E-state index in [1.807, 2.05) is 110 Å². The summed E-state index contributed by atoms with van der Waals surface area (Å²) in [6.45, 7) is 0.937. The molecule has 0 radical (unpaired) electrons. The maximum absolute atomic E-state index is 10.5. The molecule has 206 valence electrons. The molecule has 3 aromatic rings.